The molecule has 2 fully saturated rings. The lowest BCUT2D eigenvalue weighted by atomic mass is 10.0. The Labute approximate surface area is 223 Å². The van der Waals surface area contributed by atoms with E-state index >= 15 is 0 Å². The van der Waals surface area contributed by atoms with Crippen molar-refractivity contribution in [2.45, 2.75) is 37.8 Å². The summed E-state index contributed by atoms with van der Waals surface area (Å²) >= 11 is 0. The van der Waals surface area contributed by atoms with E-state index in [-0.39, 0.29) is 12.1 Å². The fourth-order valence-electron chi connectivity index (χ4n) is 5.41. The summed E-state index contributed by atoms with van der Waals surface area (Å²) in [5, 5.41) is 0. The molecule has 0 radical (unpaired) electrons. The lowest BCUT2D eigenvalue weighted by Gasteiger charge is -2.33. The van der Waals surface area contributed by atoms with Gasteiger partial charge in [0.05, 0.1) is 12.1 Å². The number of benzene rings is 2. The van der Waals surface area contributed by atoms with Crippen LogP contribution in [-0.2, 0) is 22.3 Å². The molecule has 4 aliphatic heterocycles. The van der Waals surface area contributed by atoms with Crippen LogP contribution in [0.4, 0.5) is 11.4 Å². The molecule has 3 aromatic rings. The van der Waals surface area contributed by atoms with Gasteiger partial charge in [-0.3, -0.25) is 0 Å². The molecule has 0 saturated carbocycles. The summed E-state index contributed by atoms with van der Waals surface area (Å²) < 4.78 is 12.0. The standard InChI is InChI=1S/C31H33N5O2/c1-5-23(19-27(6-1)36-15-4-16-36)18-25-21-38-31(33-25)29-8-2-7-28(34-29)30-32-24(20-37-30)17-22-9-11-26(12-10-22)35-13-3-14-35/h1-2,5-12,19,24-25H,3-4,13-18,20-21H2/t24-,25-/m0/s1. The summed E-state index contributed by atoms with van der Waals surface area (Å²) in [5.74, 6) is 1.21. The molecule has 38 heavy (non-hydrogen) atoms. The zero-order valence-electron chi connectivity index (χ0n) is 21.6. The predicted molar refractivity (Wildman–Crippen MR) is 151 cm³/mol. The number of nitrogens with zero attached hydrogens (tertiary/aromatic N) is 5. The van der Waals surface area contributed by atoms with E-state index in [1.54, 1.807) is 0 Å². The number of ether oxygens (including phenoxy) is 2. The molecule has 4 aliphatic rings. The van der Waals surface area contributed by atoms with Gasteiger partial charge in [-0.2, -0.15) is 0 Å². The van der Waals surface area contributed by atoms with Crippen molar-refractivity contribution in [1.29, 1.82) is 0 Å². The zero-order valence-corrected chi connectivity index (χ0v) is 21.6. The maximum absolute atomic E-state index is 5.98. The van der Waals surface area contributed by atoms with Crippen LogP contribution in [0.5, 0.6) is 0 Å². The van der Waals surface area contributed by atoms with Gasteiger partial charge in [-0.05, 0) is 73.2 Å². The van der Waals surface area contributed by atoms with E-state index in [0.29, 0.717) is 25.0 Å². The largest absolute Gasteiger partial charge is 0.474 e. The van der Waals surface area contributed by atoms with Gasteiger partial charge in [0.15, 0.2) is 0 Å². The first-order valence-electron chi connectivity index (χ1n) is 13.8. The summed E-state index contributed by atoms with van der Waals surface area (Å²) in [7, 11) is 0. The first-order valence-corrected chi connectivity index (χ1v) is 13.8. The summed E-state index contributed by atoms with van der Waals surface area (Å²) in [4.78, 5) is 19.3. The van der Waals surface area contributed by atoms with Gasteiger partial charge in [-0.15, -0.1) is 0 Å². The van der Waals surface area contributed by atoms with Gasteiger partial charge >= 0.3 is 0 Å². The van der Waals surface area contributed by atoms with Gasteiger partial charge in [0.2, 0.25) is 11.8 Å². The third-order valence-electron chi connectivity index (χ3n) is 7.84. The van der Waals surface area contributed by atoms with Crippen LogP contribution >= 0.6 is 0 Å². The van der Waals surface area contributed by atoms with Gasteiger partial charge in [-0.1, -0.05) is 30.3 Å². The summed E-state index contributed by atoms with van der Waals surface area (Å²) in [5.41, 5.74) is 6.66. The highest BCUT2D eigenvalue weighted by atomic mass is 16.5. The molecule has 5 heterocycles. The zero-order chi connectivity index (χ0) is 25.3. The minimum absolute atomic E-state index is 0.0963. The molecule has 0 amide bonds. The maximum Gasteiger partial charge on any atom is 0.235 e. The van der Waals surface area contributed by atoms with E-state index in [0.717, 1.165) is 37.3 Å². The van der Waals surface area contributed by atoms with Crippen LogP contribution in [0.3, 0.4) is 0 Å². The van der Waals surface area contributed by atoms with Gasteiger partial charge in [0.1, 0.15) is 24.6 Å². The Kier molecular flexibility index (Phi) is 6.20. The third kappa shape index (κ3) is 4.85. The van der Waals surface area contributed by atoms with Crippen molar-refractivity contribution in [2.75, 3.05) is 49.2 Å². The molecule has 0 N–H and O–H groups in total. The number of aromatic nitrogens is 1. The summed E-state index contributed by atoms with van der Waals surface area (Å²) in [6.07, 6.45) is 4.30. The number of anilines is 2. The SMILES string of the molecule is c1cc(C[C@H]2COC(c3cccc(C4=N[C@@H](Cc5ccc(N6CCC6)cc5)CO4)n3)=N2)cc(N2CCC2)c1. The molecule has 0 spiro atoms. The van der Waals surface area contributed by atoms with Crippen molar-refractivity contribution < 1.29 is 9.47 Å². The highest BCUT2D eigenvalue weighted by molar-refractivity contribution is 5.97. The van der Waals surface area contributed by atoms with Crippen LogP contribution in [0, 0.1) is 0 Å². The highest BCUT2D eigenvalue weighted by Crippen LogP contribution is 2.25. The first-order chi connectivity index (χ1) is 18.8. The van der Waals surface area contributed by atoms with E-state index in [4.69, 9.17) is 24.4 Å². The summed E-state index contributed by atoms with van der Waals surface area (Å²) in [6.45, 7) is 5.79. The van der Waals surface area contributed by atoms with Gasteiger partial charge in [0.25, 0.3) is 0 Å². The van der Waals surface area contributed by atoms with Crippen LogP contribution in [0.15, 0.2) is 76.7 Å². The topological polar surface area (TPSA) is 62.6 Å². The van der Waals surface area contributed by atoms with Crippen molar-refractivity contribution in [3.63, 3.8) is 0 Å². The number of hydrogen-bond acceptors (Lipinski definition) is 7. The quantitative estimate of drug-likeness (QED) is 0.456. The number of rotatable bonds is 8. The van der Waals surface area contributed by atoms with Gasteiger partial charge in [-0.25, -0.2) is 15.0 Å². The molecule has 2 saturated heterocycles. The molecule has 7 rings (SSSR count). The molecule has 0 bridgehead atoms. The van der Waals surface area contributed by atoms with Crippen molar-refractivity contribution in [3.05, 3.63) is 89.2 Å². The predicted octanol–water partition coefficient (Wildman–Crippen LogP) is 4.28. The maximum atomic E-state index is 5.98. The lowest BCUT2D eigenvalue weighted by molar-refractivity contribution is 0.314. The van der Waals surface area contributed by atoms with Crippen LogP contribution in [-0.4, -0.2) is 68.3 Å². The third-order valence-corrected chi connectivity index (χ3v) is 7.84. The van der Waals surface area contributed by atoms with Crippen molar-refractivity contribution in [2.24, 2.45) is 9.98 Å². The average Bonchev–Trinajstić information content (AvgIpc) is 3.54. The Balaban J connectivity index is 1.000. The fourth-order valence-corrected chi connectivity index (χ4v) is 5.41. The molecular weight excluding hydrogens is 474 g/mol. The lowest BCUT2D eigenvalue weighted by Crippen LogP contribution is -2.36. The monoisotopic (exact) mass is 507 g/mol. The molecule has 7 heteroatoms. The van der Waals surface area contributed by atoms with Crippen molar-refractivity contribution in [1.82, 2.24) is 4.98 Å². The van der Waals surface area contributed by atoms with Crippen LogP contribution in [0.2, 0.25) is 0 Å². The molecule has 1 aromatic heterocycles. The Morgan fingerprint density at radius 2 is 1.21 bits per heavy atom. The number of pyridine rings is 1. The van der Waals surface area contributed by atoms with Crippen LogP contribution in [0.25, 0.3) is 0 Å². The van der Waals surface area contributed by atoms with Crippen molar-refractivity contribution in [3.8, 4) is 0 Å². The second kappa shape index (κ2) is 10.1. The molecule has 2 aromatic carbocycles. The molecule has 194 valence electrons. The first kappa shape index (κ1) is 23.3. The molecular formula is C31H33N5O2. The molecule has 7 nitrogen and oxygen atoms in total. The van der Waals surface area contributed by atoms with E-state index in [1.807, 2.05) is 18.2 Å². The Bertz CT molecular complexity index is 1360. The van der Waals surface area contributed by atoms with Crippen LogP contribution < -0.4 is 9.80 Å². The number of aliphatic imine (C=N–C) groups is 2. The minimum Gasteiger partial charge on any atom is -0.474 e. The minimum atomic E-state index is 0.0963. The normalized spacial score (nSPS) is 22.2. The Morgan fingerprint density at radius 3 is 1.82 bits per heavy atom. The average molecular weight is 508 g/mol. The van der Waals surface area contributed by atoms with Crippen molar-refractivity contribution >= 4 is 23.2 Å². The molecule has 0 aliphatic carbocycles. The van der Waals surface area contributed by atoms with E-state index in [1.165, 1.54) is 48.4 Å². The molecule has 0 unspecified atom stereocenters. The fraction of sp³-hybridized carbons (Fsp3) is 0.387. The van der Waals surface area contributed by atoms with E-state index in [2.05, 4.69) is 58.3 Å². The second-order valence-electron chi connectivity index (χ2n) is 10.6. The Hall–Kier alpha value is -3.87. The molecule has 2 atom stereocenters. The second-order valence-corrected chi connectivity index (χ2v) is 10.6. The van der Waals surface area contributed by atoms with Crippen LogP contribution in [0.1, 0.15) is 35.4 Å². The number of hydrogen-bond donors (Lipinski definition) is 0. The Morgan fingerprint density at radius 1 is 0.632 bits per heavy atom. The highest BCUT2D eigenvalue weighted by Gasteiger charge is 2.25. The summed E-state index contributed by atoms with van der Waals surface area (Å²) in [6, 6.07) is 23.7. The van der Waals surface area contributed by atoms with Gasteiger partial charge < -0.3 is 19.3 Å². The van der Waals surface area contributed by atoms with E-state index < -0.39 is 0 Å². The van der Waals surface area contributed by atoms with E-state index in [9.17, 15) is 0 Å². The smallest absolute Gasteiger partial charge is 0.235 e. The van der Waals surface area contributed by atoms with Gasteiger partial charge in [0, 0.05) is 37.6 Å².